The first kappa shape index (κ1) is 13.8. The van der Waals surface area contributed by atoms with Crippen LogP contribution in [0.15, 0.2) is 21.5 Å². The second kappa shape index (κ2) is 5.55. The highest BCUT2D eigenvalue weighted by molar-refractivity contribution is 5.96. The smallest absolute Gasteiger partial charge is 0.256 e. The number of methoxy groups -OCH3 is 1. The van der Waals surface area contributed by atoms with E-state index in [1.165, 1.54) is 23.9 Å². The third kappa shape index (κ3) is 2.85. The van der Waals surface area contributed by atoms with Crippen molar-refractivity contribution in [3.05, 3.63) is 40.0 Å². The molecule has 0 fully saturated rings. The van der Waals surface area contributed by atoms with Crippen LogP contribution in [-0.4, -0.2) is 27.8 Å². The Morgan fingerprint density at radius 1 is 1.50 bits per heavy atom. The van der Waals surface area contributed by atoms with Gasteiger partial charge in [-0.15, -0.1) is 10.2 Å². The fourth-order valence-electron chi connectivity index (χ4n) is 1.61. The number of carbonyl (C=O) groups excluding carboxylic acids is 1. The zero-order chi connectivity index (χ0) is 14.7. The van der Waals surface area contributed by atoms with Gasteiger partial charge in [0, 0.05) is 26.2 Å². The molecule has 2 aromatic rings. The monoisotopic (exact) mass is 278 g/mol. The molecule has 2 heterocycles. The van der Waals surface area contributed by atoms with E-state index in [4.69, 9.17) is 9.15 Å². The van der Waals surface area contributed by atoms with Crippen LogP contribution in [0.4, 0.5) is 0 Å². The fourth-order valence-corrected chi connectivity index (χ4v) is 1.61. The van der Waals surface area contributed by atoms with Crippen LogP contribution in [0, 0.1) is 6.92 Å². The van der Waals surface area contributed by atoms with Crippen molar-refractivity contribution in [2.24, 2.45) is 7.05 Å². The van der Waals surface area contributed by atoms with Crippen LogP contribution in [-0.2, 0) is 13.6 Å². The van der Waals surface area contributed by atoms with Crippen molar-refractivity contribution < 1.29 is 13.9 Å². The van der Waals surface area contributed by atoms with Gasteiger partial charge in [-0.25, -0.2) is 0 Å². The number of rotatable bonds is 4. The Balaban J connectivity index is 2.16. The first-order valence-corrected chi connectivity index (χ1v) is 5.83. The van der Waals surface area contributed by atoms with Crippen molar-refractivity contribution in [2.45, 2.75) is 13.5 Å². The molecule has 8 heteroatoms. The maximum Gasteiger partial charge on any atom is 0.256 e. The van der Waals surface area contributed by atoms with Gasteiger partial charge in [0.05, 0.1) is 19.2 Å². The third-order valence-corrected chi connectivity index (χ3v) is 2.62. The normalized spacial score (nSPS) is 10.3. The van der Waals surface area contributed by atoms with Gasteiger partial charge in [0.25, 0.3) is 11.5 Å². The van der Waals surface area contributed by atoms with Crippen LogP contribution in [0.25, 0.3) is 0 Å². The number of hydrogen-bond donors (Lipinski definition) is 1. The molecule has 1 N–H and O–H groups in total. The van der Waals surface area contributed by atoms with E-state index in [0.29, 0.717) is 11.8 Å². The lowest BCUT2D eigenvalue weighted by Gasteiger charge is -2.09. The number of nitrogens with zero attached hydrogens (tertiary/aromatic N) is 3. The Kier molecular flexibility index (Phi) is 3.83. The van der Waals surface area contributed by atoms with E-state index in [1.807, 2.05) is 0 Å². The number of carbonyl (C=O) groups is 1. The van der Waals surface area contributed by atoms with Gasteiger partial charge < -0.3 is 19.0 Å². The van der Waals surface area contributed by atoms with E-state index in [1.54, 1.807) is 14.0 Å². The average molecular weight is 278 g/mol. The highest BCUT2D eigenvalue weighted by Crippen LogP contribution is 2.14. The highest BCUT2D eigenvalue weighted by Gasteiger charge is 2.15. The van der Waals surface area contributed by atoms with Crippen LogP contribution in [0.3, 0.4) is 0 Å². The first-order valence-electron chi connectivity index (χ1n) is 5.83. The molecule has 0 aromatic carbocycles. The summed E-state index contributed by atoms with van der Waals surface area (Å²) in [5.74, 6) is 0.550. The van der Waals surface area contributed by atoms with Crippen molar-refractivity contribution in [2.75, 3.05) is 7.11 Å². The van der Waals surface area contributed by atoms with E-state index in [-0.39, 0.29) is 23.4 Å². The van der Waals surface area contributed by atoms with Crippen LogP contribution in [0.1, 0.15) is 22.1 Å². The SMILES string of the molecule is COc1cc(=O)n(C)cc1C(=O)NCc1nnc(C)o1. The number of hydrogen-bond acceptors (Lipinski definition) is 6. The van der Waals surface area contributed by atoms with Crippen LogP contribution in [0.5, 0.6) is 5.75 Å². The Morgan fingerprint density at radius 3 is 2.85 bits per heavy atom. The van der Waals surface area contributed by atoms with Crippen molar-refractivity contribution in [3.8, 4) is 5.75 Å². The van der Waals surface area contributed by atoms with Gasteiger partial charge in [0.15, 0.2) is 0 Å². The number of ether oxygens (including phenoxy) is 1. The van der Waals surface area contributed by atoms with Gasteiger partial charge in [0.1, 0.15) is 5.75 Å². The molecule has 0 aliphatic heterocycles. The second-order valence-corrected chi connectivity index (χ2v) is 4.10. The number of aromatic nitrogens is 3. The molecule has 106 valence electrons. The maximum absolute atomic E-state index is 12.1. The van der Waals surface area contributed by atoms with Gasteiger partial charge in [-0.2, -0.15) is 0 Å². The maximum atomic E-state index is 12.1. The molecule has 0 atom stereocenters. The van der Waals surface area contributed by atoms with E-state index < -0.39 is 5.91 Å². The number of nitrogens with one attached hydrogen (secondary N) is 1. The summed E-state index contributed by atoms with van der Waals surface area (Å²) >= 11 is 0. The molecule has 0 saturated carbocycles. The minimum absolute atomic E-state index is 0.103. The molecule has 20 heavy (non-hydrogen) atoms. The predicted octanol–water partition coefficient (Wildman–Crippen LogP) is 0.0153. The second-order valence-electron chi connectivity index (χ2n) is 4.10. The van der Waals surface area contributed by atoms with Crippen molar-refractivity contribution in [1.29, 1.82) is 0 Å². The molecule has 0 aliphatic carbocycles. The van der Waals surface area contributed by atoms with E-state index >= 15 is 0 Å². The zero-order valence-electron chi connectivity index (χ0n) is 11.3. The van der Waals surface area contributed by atoms with Crippen LogP contribution < -0.4 is 15.6 Å². The highest BCUT2D eigenvalue weighted by atomic mass is 16.5. The van der Waals surface area contributed by atoms with Gasteiger partial charge in [-0.3, -0.25) is 9.59 Å². The predicted molar refractivity (Wildman–Crippen MR) is 68.4 cm³/mol. The van der Waals surface area contributed by atoms with Crippen molar-refractivity contribution in [3.63, 3.8) is 0 Å². The molecule has 2 aromatic heterocycles. The molecule has 0 aliphatic rings. The van der Waals surface area contributed by atoms with Gasteiger partial charge in [-0.05, 0) is 0 Å². The largest absolute Gasteiger partial charge is 0.496 e. The van der Waals surface area contributed by atoms with Gasteiger partial charge in [0.2, 0.25) is 11.8 Å². The Labute approximate surface area is 114 Å². The summed E-state index contributed by atoms with van der Waals surface area (Å²) in [6.07, 6.45) is 1.41. The molecule has 0 bridgehead atoms. The number of aryl methyl sites for hydroxylation is 2. The molecule has 0 saturated heterocycles. The molecule has 0 radical (unpaired) electrons. The summed E-state index contributed by atoms with van der Waals surface area (Å²) in [7, 11) is 2.95. The number of pyridine rings is 1. The summed E-state index contributed by atoms with van der Waals surface area (Å²) in [6, 6.07) is 1.26. The number of amides is 1. The van der Waals surface area contributed by atoms with Crippen molar-refractivity contribution >= 4 is 5.91 Å². The zero-order valence-corrected chi connectivity index (χ0v) is 11.3. The summed E-state index contributed by atoms with van der Waals surface area (Å²) in [5.41, 5.74) is -0.00300. The molecule has 0 unspecified atom stereocenters. The van der Waals surface area contributed by atoms with Crippen molar-refractivity contribution in [1.82, 2.24) is 20.1 Å². The lowest BCUT2D eigenvalue weighted by Crippen LogP contribution is -2.26. The molecule has 1 amide bonds. The Morgan fingerprint density at radius 2 is 2.25 bits per heavy atom. The standard InChI is InChI=1S/C12H14N4O4/c1-7-14-15-10(20-7)5-13-12(18)8-6-16(2)11(17)4-9(8)19-3/h4,6H,5H2,1-3H3,(H,13,18). The van der Waals surface area contributed by atoms with Crippen LogP contribution >= 0.6 is 0 Å². The Bertz CT molecular complexity index is 689. The molecule has 2 rings (SSSR count). The summed E-state index contributed by atoms with van der Waals surface area (Å²) in [4.78, 5) is 23.5. The van der Waals surface area contributed by atoms with Crippen LogP contribution in [0.2, 0.25) is 0 Å². The topological polar surface area (TPSA) is 99.2 Å². The molecular weight excluding hydrogens is 264 g/mol. The first-order chi connectivity index (χ1) is 9.51. The van der Waals surface area contributed by atoms with E-state index in [0.717, 1.165) is 0 Å². The van der Waals surface area contributed by atoms with E-state index in [9.17, 15) is 9.59 Å². The lowest BCUT2D eigenvalue weighted by atomic mass is 10.2. The minimum atomic E-state index is -0.395. The van der Waals surface area contributed by atoms with Gasteiger partial charge >= 0.3 is 0 Å². The van der Waals surface area contributed by atoms with E-state index in [2.05, 4.69) is 15.5 Å². The quantitative estimate of drug-likeness (QED) is 0.846. The minimum Gasteiger partial charge on any atom is -0.496 e. The average Bonchev–Trinajstić information content (AvgIpc) is 2.84. The Hall–Kier alpha value is -2.64. The summed E-state index contributed by atoms with van der Waals surface area (Å²) in [6.45, 7) is 1.76. The molecule has 0 spiro atoms. The fraction of sp³-hybridized carbons (Fsp3) is 0.333. The summed E-state index contributed by atoms with van der Waals surface area (Å²) in [5, 5.41) is 10.0. The molecular formula is C12H14N4O4. The molecule has 8 nitrogen and oxygen atoms in total. The summed E-state index contributed by atoms with van der Waals surface area (Å²) < 4.78 is 11.5. The van der Waals surface area contributed by atoms with Gasteiger partial charge in [-0.1, -0.05) is 0 Å². The lowest BCUT2D eigenvalue weighted by molar-refractivity contribution is 0.0943. The third-order valence-electron chi connectivity index (χ3n) is 2.62.